The summed E-state index contributed by atoms with van der Waals surface area (Å²) < 4.78 is 5.25. The molecule has 5 nitrogen and oxygen atoms in total. The van der Waals surface area contributed by atoms with E-state index in [0.29, 0.717) is 13.0 Å². The molecule has 2 aromatic carbocycles. The van der Waals surface area contributed by atoms with Crippen LogP contribution in [-0.4, -0.2) is 23.0 Å². The number of carbonyl (C=O) groups excluding carboxylic acids is 2. The number of para-hydroxylation sites is 1. The van der Waals surface area contributed by atoms with Gasteiger partial charge in [0.25, 0.3) is 5.91 Å². The van der Waals surface area contributed by atoms with Crippen molar-refractivity contribution in [2.75, 3.05) is 0 Å². The van der Waals surface area contributed by atoms with Crippen molar-refractivity contribution in [1.82, 2.24) is 10.3 Å². The third-order valence-electron chi connectivity index (χ3n) is 4.51. The van der Waals surface area contributed by atoms with Crippen molar-refractivity contribution in [1.29, 1.82) is 0 Å². The maximum absolute atomic E-state index is 12.1. The number of rotatable bonds is 7. The van der Waals surface area contributed by atoms with Gasteiger partial charge in [-0.2, -0.15) is 0 Å². The average Bonchev–Trinajstić information content (AvgIpc) is 2.71. The Hall–Kier alpha value is -3.21. The van der Waals surface area contributed by atoms with Gasteiger partial charge >= 0.3 is 5.97 Å². The maximum Gasteiger partial charge on any atom is 0.306 e. The van der Waals surface area contributed by atoms with E-state index in [9.17, 15) is 9.59 Å². The Morgan fingerprint density at radius 2 is 1.79 bits per heavy atom. The fourth-order valence-corrected chi connectivity index (χ4v) is 2.83. The first-order valence-electron chi connectivity index (χ1n) is 9.38. The van der Waals surface area contributed by atoms with Crippen LogP contribution in [0.15, 0.2) is 60.7 Å². The molecule has 0 bridgehead atoms. The van der Waals surface area contributed by atoms with Crippen molar-refractivity contribution >= 4 is 22.8 Å². The Labute approximate surface area is 164 Å². The lowest BCUT2D eigenvalue weighted by Gasteiger charge is -2.13. The van der Waals surface area contributed by atoms with E-state index in [1.165, 1.54) is 5.56 Å². The minimum atomic E-state index is -0.831. The Morgan fingerprint density at radius 1 is 1.04 bits per heavy atom. The number of aryl methyl sites for hydroxylation is 2. The highest BCUT2D eigenvalue weighted by Crippen LogP contribution is 2.13. The summed E-state index contributed by atoms with van der Waals surface area (Å²) in [5.41, 5.74) is 3.89. The van der Waals surface area contributed by atoms with Gasteiger partial charge in [0, 0.05) is 24.0 Å². The predicted octanol–water partition coefficient (Wildman–Crippen LogP) is 3.72. The summed E-state index contributed by atoms with van der Waals surface area (Å²) in [5, 5.41) is 3.85. The van der Waals surface area contributed by atoms with Gasteiger partial charge in [-0.15, -0.1) is 0 Å². The second-order valence-electron chi connectivity index (χ2n) is 6.83. The molecular weight excluding hydrogens is 352 g/mol. The fourth-order valence-electron chi connectivity index (χ4n) is 2.83. The molecule has 3 aromatic rings. The normalized spacial score (nSPS) is 11.8. The van der Waals surface area contributed by atoms with E-state index in [1.54, 1.807) is 6.92 Å². The molecule has 0 aliphatic heterocycles. The number of carbonyl (C=O) groups is 2. The predicted molar refractivity (Wildman–Crippen MR) is 109 cm³/mol. The number of hydrogen-bond donors (Lipinski definition) is 1. The number of aromatic nitrogens is 1. The molecule has 1 N–H and O–H groups in total. The van der Waals surface area contributed by atoms with Crippen molar-refractivity contribution < 1.29 is 14.3 Å². The summed E-state index contributed by atoms with van der Waals surface area (Å²) in [5.74, 6) is -0.717. The Balaban J connectivity index is 1.45. The number of ether oxygens (including phenoxy) is 1. The van der Waals surface area contributed by atoms with Gasteiger partial charge in [-0.25, -0.2) is 0 Å². The summed E-state index contributed by atoms with van der Waals surface area (Å²) in [4.78, 5) is 28.8. The summed E-state index contributed by atoms with van der Waals surface area (Å²) in [7, 11) is 0. The van der Waals surface area contributed by atoms with E-state index in [2.05, 4.69) is 10.3 Å². The monoisotopic (exact) mass is 376 g/mol. The number of nitrogens with one attached hydrogen (secondary N) is 1. The lowest BCUT2D eigenvalue weighted by molar-refractivity contribution is -0.154. The molecule has 0 aliphatic rings. The van der Waals surface area contributed by atoms with Gasteiger partial charge < -0.3 is 10.1 Å². The van der Waals surface area contributed by atoms with Crippen LogP contribution < -0.4 is 5.32 Å². The molecule has 1 atom stereocenters. The van der Waals surface area contributed by atoms with Crippen LogP contribution in [0, 0.1) is 6.92 Å². The van der Waals surface area contributed by atoms with E-state index < -0.39 is 12.1 Å². The van der Waals surface area contributed by atoms with E-state index in [4.69, 9.17) is 4.74 Å². The molecule has 1 amide bonds. The van der Waals surface area contributed by atoms with Crippen LogP contribution in [0.1, 0.15) is 30.2 Å². The van der Waals surface area contributed by atoms with Crippen LogP contribution in [0.25, 0.3) is 10.9 Å². The number of benzene rings is 2. The number of esters is 1. The van der Waals surface area contributed by atoms with Gasteiger partial charge in [0.15, 0.2) is 6.10 Å². The third-order valence-corrected chi connectivity index (χ3v) is 4.51. The first kappa shape index (κ1) is 19.5. The lowest BCUT2D eigenvalue weighted by atomic mass is 10.1. The standard InChI is InChI=1S/C23H24N2O3/c1-16-7-9-18(10-8-16)15-24-23(27)17(2)28-22(26)14-13-20-12-11-19-5-3-4-6-21(19)25-20/h3-12,17H,13-15H2,1-2H3,(H,24,27). The Morgan fingerprint density at radius 3 is 2.57 bits per heavy atom. The maximum atomic E-state index is 12.1. The smallest absolute Gasteiger partial charge is 0.306 e. The number of pyridine rings is 1. The molecular formula is C23H24N2O3. The third kappa shape index (κ3) is 5.39. The zero-order valence-electron chi connectivity index (χ0n) is 16.1. The van der Waals surface area contributed by atoms with Crippen LogP contribution in [0.4, 0.5) is 0 Å². The first-order chi connectivity index (χ1) is 13.5. The van der Waals surface area contributed by atoms with Crippen molar-refractivity contribution in [2.24, 2.45) is 0 Å². The molecule has 0 saturated carbocycles. The zero-order valence-corrected chi connectivity index (χ0v) is 16.1. The van der Waals surface area contributed by atoms with Crippen LogP contribution in [0.5, 0.6) is 0 Å². The van der Waals surface area contributed by atoms with E-state index >= 15 is 0 Å². The second kappa shape index (κ2) is 9.13. The average molecular weight is 376 g/mol. The van der Waals surface area contributed by atoms with Crippen LogP contribution in [-0.2, 0) is 27.3 Å². The Kier molecular flexibility index (Phi) is 6.37. The number of amides is 1. The van der Waals surface area contributed by atoms with Gasteiger partial charge in [-0.3, -0.25) is 14.6 Å². The topological polar surface area (TPSA) is 68.3 Å². The van der Waals surface area contributed by atoms with Gasteiger partial charge in [0.05, 0.1) is 11.9 Å². The molecule has 0 aliphatic carbocycles. The molecule has 0 saturated heterocycles. The summed E-state index contributed by atoms with van der Waals surface area (Å²) in [6, 6.07) is 19.6. The first-order valence-corrected chi connectivity index (χ1v) is 9.38. The van der Waals surface area contributed by atoms with Gasteiger partial charge in [-0.1, -0.05) is 54.1 Å². The molecule has 0 fully saturated rings. The largest absolute Gasteiger partial charge is 0.453 e. The molecule has 3 rings (SSSR count). The van der Waals surface area contributed by atoms with E-state index in [1.807, 2.05) is 67.6 Å². The summed E-state index contributed by atoms with van der Waals surface area (Å²) in [6.07, 6.45) is -0.176. The fraction of sp³-hybridized carbons (Fsp3) is 0.261. The SMILES string of the molecule is Cc1ccc(CNC(=O)C(C)OC(=O)CCc2ccc3ccccc3n2)cc1. The molecule has 0 spiro atoms. The molecule has 28 heavy (non-hydrogen) atoms. The molecule has 1 heterocycles. The zero-order chi connectivity index (χ0) is 19.9. The molecule has 0 radical (unpaired) electrons. The van der Waals surface area contributed by atoms with Crippen molar-refractivity contribution in [3.63, 3.8) is 0 Å². The second-order valence-corrected chi connectivity index (χ2v) is 6.83. The number of fused-ring (bicyclic) bond motifs is 1. The molecule has 5 heteroatoms. The highest BCUT2D eigenvalue weighted by molar-refractivity contribution is 5.83. The number of nitrogens with zero attached hydrogens (tertiary/aromatic N) is 1. The van der Waals surface area contributed by atoms with E-state index in [-0.39, 0.29) is 12.3 Å². The van der Waals surface area contributed by atoms with Crippen LogP contribution in [0.2, 0.25) is 0 Å². The van der Waals surface area contributed by atoms with Crippen LogP contribution in [0.3, 0.4) is 0 Å². The molecule has 1 unspecified atom stereocenters. The minimum Gasteiger partial charge on any atom is -0.453 e. The van der Waals surface area contributed by atoms with Crippen LogP contribution >= 0.6 is 0 Å². The van der Waals surface area contributed by atoms with Gasteiger partial charge in [0.1, 0.15) is 0 Å². The highest BCUT2D eigenvalue weighted by atomic mass is 16.5. The van der Waals surface area contributed by atoms with Crippen molar-refractivity contribution in [3.8, 4) is 0 Å². The lowest BCUT2D eigenvalue weighted by Crippen LogP contribution is -2.35. The number of hydrogen-bond acceptors (Lipinski definition) is 4. The van der Waals surface area contributed by atoms with Gasteiger partial charge in [0.2, 0.25) is 0 Å². The summed E-state index contributed by atoms with van der Waals surface area (Å²) in [6.45, 7) is 4.00. The molecule has 1 aromatic heterocycles. The van der Waals surface area contributed by atoms with E-state index in [0.717, 1.165) is 22.2 Å². The summed E-state index contributed by atoms with van der Waals surface area (Å²) >= 11 is 0. The Bertz CT molecular complexity index is 967. The minimum absolute atomic E-state index is 0.181. The quantitative estimate of drug-likeness (QED) is 0.638. The molecule has 144 valence electrons. The van der Waals surface area contributed by atoms with Crippen molar-refractivity contribution in [2.45, 2.75) is 39.3 Å². The van der Waals surface area contributed by atoms with Gasteiger partial charge in [-0.05, 0) is 31.5 Å². The highest BCUT2D eigenvalue weighted by Gasteiger charge is 2.17. The van der Waals surface area contributed by atoms with Crippen molar-refractivity contribution in [3.05, 3.63) is 77.5 Å².